The number of amides is 2. The summed E-state index contributed by atoms with van der Waals surface area (Å²) in [6.45, 7) is 0.333. The maximum Gasteiger partial charge on any atom is 0.315 e. The number of fused-ring (bicyclic) bond motifs is 1. The van der Waals surface area contributed by atoms with E-state index >= 15 is 0 Å². The number of nitrogens with one attached hydrogen (secondary N) is 3. The number of carbonyl (C=O) groups is 1. The van der Waals surface area contributed by atoms with Crippen molar-refractivity contribution in [2.45, 2.75) is 36.7 Å². The van der Waals surface area contributed by atoms with Gasteiger partial charge in [-0.25, -0.2) is 17.9 Å². The topological polar surface area (TPSA) is 87.3 Å². The Bertz CT molecular complexity index is 879. The van der Waals surface area contributed by atoms with Crippen molar-refractivity contribution in [2.24, 2.45) is 0 Å². The van der Waals surface area contributed by atoms with E-state index < -0.39 is 10.0 Å². The number of urea groups is 1. The molecule has 1 unspecified atom stereocenters. The summed E-state index contributed by atoms with van der Waals surface area (Å²) in [4.78, 5) is 12.4. The standard InChI is InChI=1S/C19H23N3O3S/c1-20-26(24,25)16-11-9-14(10-12-16)13-21-19(23)22-18-8-4-6-15-5-2-3-7-17(15)18/h2-3,5,7,9-12,18,20H,4,6,8,13H2,1H3,(H2,21,22,23). The lowest BCUT2D eigenvalue weighted by Crippen LogP contribution is -2.38. The second kappa shape index (κ2) is 7.88. The number of carbonyl (C=O) groups excluding carboxylic acids is 1. The van der Waals surface area contributed by atoms with Crippen molar-refractivity contribution in [1.82, 2.24) is 15.4 Å². The molecule has 0 saturated carbocycles. The van der Waals surface area contributed by atoms with Crippen LogP contribution in [0.5, 0.6) is 0 Å². The van der Waals surface area contributed by atoms with Gasteiger partial charge < -0.3 is 10.6 Å². The van der Waals surface area contributed by atoms with Gasteiger partial charge in [0, 0.05) is 6.54 Å². The zero-order valence-corrected chi connectivity index (χ0v) is 15.5. The Morgan fingerprint density at radius 3 is 2.58 bits per heavy atom. The fourth-order valence-electron chi connectivity index (χ4n) is 3.20. The molecule has 0 radical (unpaired) electrons. The maximum absolute atomic E-state index is 12.2. The van der Waals surface area contributed by atoms with Crippen molar-refractivity contribution in [3.05, 3.63) is 65.2 Å². The van der Waals surface area contributed by atoms with Crippen molar-refractivity contribution in [1.29, 1.82) is 0 Å². The first kappa shape index (κ1) is 18.4. The first-order chi connectivity index (χ1) is 12.5. The van der Waals surface area contributed by atoms with E-state index in [9.17, 15) is 13.2 Å². The summed E-state index contributed by atoms with van der Waals surface area (Å²) in [6, 6.07) is 14.5. The number of hydrogen-bond acceptors (Lipinski definition) is 3. The summed E-state index contributed by atoms with van der Waals surface area (Å²) >= 11 is 0. The van der Waals surface area contributed by atoms with E-state index in [2.05, 4.69) is 27.5 Å². The average Bonchev–Trinajstić information content (AvgIpc) is 2.67. The minimum absolute atomic E-state index is 0.0306. The minimum atomic E-state index is -3.44. The summed E-state index contributed by atoms with van der Waals surface area (Å²) < 4.78 is 25.7. The molecule has 7 heteroatoms. The molecule has 26 heavy (non-hydrogen) atoms. The van der Waals surface area contributed by atoms with Gasteiger partial charge in [0.2, 0.25) is 10.0 Å². The molecule has 6 nitrogen and oxygen atoms in total. The van der Waals surface area contributed by atoms with Gasteiger partial charge in [-0.05, 0) is 55.1 Å². The number of sulfonamides is 1. The number of aryl methyl sites for hydroxylation is 1. The summed E-state index contributed by atoms with van der Waals surface area (Å²) in [5, 5.41) is 5.87. The van der Waals surface area contributed by atoms with E-state index in [1.807, 2.05) is 12.1 Å². The highest BCUT2D eigenvalue weighted by Crippen LogP contribution is 2.29. The van der Waals surface area contributed by atoms with Crippen LogP contribution in [0.1, 0.15) is 35.6 Å². The normalized spacial score (nSPS) is 16.6. The van der Waals surface area contributed by atoms with Crippen molar-refractivity contribution in [3.63, 3.8) is 0 Å². The first-order valence-electron chi connectivity index (χ1n) is 8.64. The lowest BCUT2D eigenvalue weighted by molar-refractivity contribution is 0.235. The van der Waals surface area contributed by atoms with Gasteiger partial charge in [0.1, 0.15) is 0 Å². The number of rotatable bonds is 5. The van der Waals surface area contributed by atoms with Crippen LogP contribution in [0, 0.1) is 0 Å². The molecule has 0 aliphatic heterocycles. The zero-order chi connectivity index (χ0) is 18.6. The van der Waals surface area contributed by atoms with Gasteiger partial charge in [-0.3, -0.25) is 0 Å². The van der Waals surface area contributed by atoms with E-state index in [0.29, 0.717) is 6.54 Å². The molecule has 0 fully saturated rings. The van der Waals surface area contributed by atoms with Gasteiger partial charge in [-0.1, -0.05) is 36.4 Å². The van der Waals surface area contributed by atoms with Gasteiger partial charge >= 0.3 is 6.03 Å². The quantitative estimate of drug-likeness (QED) is 0.752. The molecular weight excluding hydrogens is 350 g/mol. The summed E-state index contributed by atoms with van der Waals surface area (Å²) in [6.07, 6.45) is 3.04. The van der Waals surface area contributed by atoms with Gasteiger partial charge in [-0.15, -0.1) is 0 Å². The van der Waals surface area contributed by atoms with Crippen LogP contribution in [0.3, 0.4) is 0 Å². The molecule has 0 aromatic heterocycles. The van der Waals surface area contributed by atoms with Crippen LogP contribution >= 0.6 is 0 Å². The molecule has 2 aromatic rings. The lowest BCUT2D eigenvalue weighted by Gasteiger charge is -2.26. The Kier molecular flexibility index (Phi) is 5.58. The Hall–Kier alpha value is -2.38. The second-order valence-corrected chi connectivity index (χ2v) is 8.21. The second-order valence-electron chi connectivity index (χ2n) is 6.32. The smallest absolute Gasteiger partial charge is 0.315 e. The van der Waals surface area contributed by atoms with E-state index in [1.54, 1.807) is 12.1 Å². The molecule has 0 heterocycles. The molecule has 1 aliphatic rings. The van der Waals surface area contributed by atoms with Crippen LogP contribution in [-0.2, 0) is 23.0 Å². The van der Waals surface area contributed by atoms with Crippen LogP contribution < -0.4 is 15.4 Å². The SMILES string of the molecule is CNS(=O)(=O)c1ccc(CNC(=O)NC2CCCc3ccccc32)cc1. The van der Waals surface area contributed by atoms with Crippen molar-refractivity contribution in [3.8, 4) is 0 Å². The molecule has 0 bridgehead atoms. The molecule has 3 rings (SSSR count). The van der Waals surface area contributed by atoms with E-state index in [1.165, 1.54) is 30.3 Å². The highest BCUT2D eigenvalue weighted by molar-refractivity contribution is 7.89. The third-order valence-electron chi connectivity index (χ3n) is 4.63. The molecule has 1 atom stereocenters. The minimum Gasteiger partial charge on any atom is -0.334 e. The molecular formula is C19H23N3O3S. The van der Waals surface area contributed by atoms with Crippen LogP contribution in [-0.4, -0.2) is 21.5 Å². The van der Waals surface area contributed by atoms with Gasteiger partial charge in [-0.2, -0.15) is 0 Å². The van der Waals surface area contributed by atoms with Crippen LogP contribution in [0.2, 0.25) is 0 Å². The predicted octanol–water partition coefficient (Wildman–Crippen LogP) is 2.47. The molecule has 0 spiro atoms. The predicted molar refractivity (Wildman–Crippen MR) is 100 cm³/mol. The monoisotopic (exact) mass is 373 g/mol. The van der Waals surface area contributed by atoms with Crippen molar-refractivity contribution in [2.75, 3.05) is 7.05 Å². The summed E-state index contributed by atoms with van der Waals surface area (Å²) in [7, 11) is -2.07. The van der Waals surface area contributed by atoms with E-state index in [0.717, 1.165) is 24.8 Å². The van der Waals surface area contributed by atoms with E-state index in [-0.39, 0.29) is 17.0 Å². The fraction of sp³-hybridized carbons (Fsp3) is 0.316. The molecule has 138 valence electrons. The number of hydrogen-bond donors (Lipinski definition) is 3. The van der Waals surface area contributed by atoms with Gasteiger partial charge in [0.25, 0.3) is 0 Å². The van der Waals surface area contributed by atoms with Gasteiger partial charge in [0.15, 0.2) is 0 Å². The highest BCUT2D eigenvalue weighted by atomic mass is 32.2. The lowest BCUT2D eigenvalue weighted by atomic mass is 9.88. The maximum atomic E-state index is 12.2. The Labute approximate surface area is 154 Å². The van der Waals surface area contributed by atoms with Crippen molar-refractivity contribution < 1.29 is 13.2 Å². The van der Waals surface area contributed by atoms with Gasteiger partial charge in [0.05, 0.1) is 10.9 Å². The van der Waals surface area contributed by atoms with E-state index in [4.69, 9.17) is 0 Å². The Morgan fingerprint density at radius 1 is 1.12 bits per heavy atom. The average molecular weight is 373 g/mol. The Morgan fingerprint density at radius 2 is 1.85 bits per heavy atom. The van der Waals surface area contributed by atoms with Crippen LogP contribution in [0.15, 0.2) is 53.4 Å². The molecule has 0 saturated heterocycles. The van der Waals surface area contributed by atoms with Crippen molar-refractivity contribution >= 4 is 16.1 Å². The third kappa shape index (κ3) is 4.23. The highest BCUT2D eigenvalue weighted by Gasteiger charge is 2.21. The summed E-state index contributed by atoms with van der Waals surface area (Å²) in [5.41, 5.74) is 3.32. The summed E-state index contributed by atoms with van der Waals surface area (Å²) in [5.74, 6) is 0. The fourth-order valence-corrected chi connectivity index (χ4v) is 3.93. The molecule has 3 N–H and O–H groups in total. The van der Waals surface area contributed by atoms with Crippen LogP contribution in [0.25, 0.3) is 0 Å². The van der Waals surface area contributed by atoms with Crippen LogP contribution in [0.4, 0.5) is 4.79 Å². The largest absolute Gasteiger partial charge is 0.334 e. The first-order valence-corrected chi connectivity index (χ1v) is 10.1. The molecule has 2 aromatic carbocycles. The zero-order valence-electron chi connectivity index (χ0n) is 14.7. The molecule has 2 amide bonds. The third-order valence-corrected chi connectivity index (χ3v) is 6.06. The Balaban J connectivity index is 1.57. The molecule has 1 aliphatic carbocycles. The number of benzene rings is 2.